The van der Waals surface area contributed by atoms with Gasteiger partial charge in [-0.1, -0.05) is 35.3 Å². The predicted octanol–water partition coefficient (Wildman–Crippen LogP) is 3.42. The van der Waals surface area contributed by atoms with Gasteiger partial charge < -0.3 is 5.11 Å². The Morgan fingerprint density at radius 2 is 2.23 bits per heavy atom. The number of halogens is 2. The molecule has 0 fully saturated rings. The lowest BCUT2D eigenvalue weighted by molar-refractivity contribution is 0.162. The molecule has 0 bridgehead atoms. The van der Waals surface area contributed by atoms with Gasteiger partial charge in [-0.2, -0.15) is 0 Å². The van der Waals surface area contributed by atoms with E-state index in [2.05, 4.69) is 15.9 Å². The summed E-state index contributed by atoms with van der Waals surface area (Å²) < 4.78 is 13.9. The molecule has 1 rings (SSSR count). The van der Waals surface area contributed by atoms with Crippen LogP contribution in [-0.4, -0.2) is 5.11 Å². The molecular formula is C10H12BrFO. The smallest absolute Gasteiger partial charge is 0.130 e. The van der Waals surface area contributed by atoms with Crippen molar-refractivity contribution < 1.29 is 9.50 Å². The molecule has 0 spiro atoms. The number of benzene rings is 1. The highest BCUT2D eigenvalue weighted by atomic mass is 79.9. The normalized spacial score (nSPS) is 12.9. The van der Waals surface area contributed by atoms with Crippen molar-refractivity contribution in [1.82, 2.24) is 0 Å². The maximum atomic E-state index is 13.2. The molecule has 0 amide bonds. The molecule has 13 heavy (non-hydrogen) atoms. The summed E-state index contributed by atoms with van der Waals surface area (Å²) in [7, 11) is 0. The Hall–Kier alpha value is -0.410. The van der Waals surface area contributed by atoms with Crippen LogP contribution in [0.4, 0.5) is 4.39 Å². The fraction of sp³-hybridized carbons (Fsp3) is 0.400. The minimum atomic E-state index is -0.682. The Balaban J connectivity index is 2.88. The maximum absolute atomic E-state index is 13.2. The Morgan fingerprint density at radius 1 is 1.54 bits per heavy atom. The van der Waals surface area contributed by atoms with Gasteiger partial charge in [0, 0.05) is 10.0 Å². The highest BCUT2D eigenvalue weighted by Crippen LogP contribution is 2.23. The molecule has 1 N–H and O–H groups in total. The molecule has 1 nitrogen and oxygen atoms in total. The van der Waals surface area contributed by atoms with E-state index < -0.39 is 6.10 Å². The van der Waals surface area contributed by atoms with Crippen molar-refractivity contribution in [3.05, 3.63) is 34.1 Å². The summed E-state index contributed by atoms with van der Waals surface area (Å²) in [6.45, 7) is 1.96. The molecule has 0 radical (unpaired) electrons. The summed E-state index contributed by atoms with van der Waals surface area (Å²) in [6.07, 6.45) is 0.757. The van der Waals surface area contributed by atoms with Gasteiger partial charge in [0.25, 0.3) is 0 Å². The molecule has 0 unspecified atom stereocenters. The fourth-order valence-electron chi connectivity index (χ4n) is 1.20. The van der Waals surface area contributed by atoms with Crippen molar-refractivity contribution in [3.8, 4) is 0 Å². The van der Waals surface area contributed by atoms with E-state index in [0.717, 1.165) is 6.42 Å². The van der Waals surface area contributed by atoms with Gasteiger partial charge in [-0.25, -0.2) is 4.39 Å². The molecule has 1 atom stereocenters. The van der Waals surface area contributed by atoms with Crippen molar-refractivity contribution in [1.29, 1.82) is 0 Å². The van der Waals surface area contributed by atoms with Crippen LogP contribution in [0.25, 0.3) is 0 Å². The average Bonchev–Trinajstić information content (AvgIpc) is 2.04. The van der Waals surface area contributed by atoms with Gasteiger partial charge >= 0.3 is 0 Å². The summed E-state index contributed by atoms with van der Waals surface area (Å²) >= 11 is 3.16. The third kappa shape index (κ3) is 2.78. The monoisotopic (exact) mass is 246 g/mol. The van der Waals surface area contributed by atoms with Crippen LogP contribution in [0.1, 0.15) is 31.4 Å². The van der Waals surface area contributed by atoms with Crippen LogP contribution in [0.2, 0.25) is 0 Å². The van der Waals surface area contributed by atoms with Crippen molar-refractivity contribution >= 4 is 15.9 Å². The van der Waals surface area contributed by atoms with Crippen LogP contribution in [0, 0.1) is 5.82 Å². The molecular weight excluding hydrogens is 235 g/mol. The number of rotatable bonds is 3. The fourth-order valence-corrected chi connectivity index (χ4v) is 1.53. The Labute approximate surface area is 85.7 Å². The van der Waals surface area contributed by atoms with E-state index in [0.29, 0.717) is 16.5 Å². The number of aliphatic hydroxyl groups excluding tert-OH is 1. The Bertz CT molecular complexity index is 288. The van der Waals surface area contributed by atoms with E-state index in [1.165, 1.54) is 6.07 Å². The minimum Gasteiger partial charge on any atom is -0.388 e. The third-order valence-corrected chi connectivity index (χ3v) is 2.38. The summed E-state index contributed by atoms with van der Waals surface area (Å²) in [5, 5.41) is 9.54. The molecule has 0 saturated heterocycles. The van der Waals surface area contributed by atoms with Gasteiger partial charge in [-0.05, 0) is 18.6 Å². The van der Waals surface area contributed by atoms with Gasteiger partial charge in [0.05, 0.1) is 6.10 Å². The standard InChI is InChI=1S/C10H12BrFO/c1-2-3-10(13)8-5-4-7(11)6-9(8)12/h4-6,10,13H,2-3H2,1H3/t10-/m1/s1. The van der Waals surface area contributed by atoms with Gasteiger partial charge in [0.1, 0.15) is 5.82 Å². The van der Waals surface area contributed by atoms with E-state index in [1.807, 2.05) is 6.92 Å². The molecule has 0 aliphatic rings. The summed E-state index contributed by atoms with van der Waals surface area (Å²) in [4.78, 5) is 0. The van der Waals surface area contributed by atoms with E-state index in [-0.39, 0.29) is 5.82 Å². The molecule has 0 aliphatic heterocycles. The molecule has 3 heteroatoms. The first-order chi connectivity index (χ1) is 6.15. The molecule has 1 aromatic rings. The van der Waals surface area contributed by atoms with Crippen molar-refractivity contribution in [2.45, 2.75) is 25.9 Å². The second kappa shape index (κ2) is 4.72. The lowest BCUT2D eigenvalue weighted by Gasteiger charge is -2.10. The Morgan fingerprint density at radius 3 is 2.77 bits per heavy atom. The van der Waals surface area contributed by atoms with Crippen molar-refractivity contribution in [3.63, 3.8) is 0 Å². The maximum Gasteiger partial charge on any atom is 0.130 e. The zero-order chi connectivity index (χ0) is 9.84. The molecule has 0 aliphatic carbocycles. The molecule has 0 aromatic heterocycles. The summed E-state index contributed by atoms with van der Waals surface area (Å²) in [5.74, 6) is -0.352. The van der Waals surface area contributed by atoms with E-state index in [9.17, 15) is 9.50 Å². The number of hydrogen-bond donors (Lipinski definition) is 1. The van der Waals surface area contributed by atoms with Crippen LogP contribution in [0.5, 0.6) is 0 Å². The molecule has 72 valence electrons. The van der Waals surface area contributed by atoms with E-state index in [1.54, 1.807) is 12.1 Å². The zero-order valence-electron chi connectivity index (χ0n) is 7.43. The highest BCUT2D eigenvalue weighted by Gasteiger charge is 2.11. The zero-order valence-corrected chi connectivity index (χ0v) is 9.01. The average molecular weight is 247 g/mol. The first-order valence-electron chi connectivity index (χ1n) is 4.28. The van der Waals surface area contributed by atoms with Crippen LogP contribution >= 0.6 is 15.9 Å². The topological polar surface area (TPSA) is 20.2 Å². The second-order valence-corrected chi connectivity index (χ2v) is 3.89. The lowest BCUT2D eigenvalue weighted by atomic mass is 10.1. The third-order valence-electron chi connectivity index (χ3n) is 1.88. The highest BCUT2D eigenvalue weighted by molar-refractivity contribution is 9.10. The largest absolute Gasteiger partial charge is 0.388 e. The van der Waals surface area contributed by atoms with E-state index >= 15 is 0 Å². The summed E-state index contributed by atoms with van der Waals surface area (Å²) in [6, 6.07) is 4.71. The molecule has 0 heterocycles. The molecule has 1 aromatic carbocycles. The van der Waals surface area contributed by atoms with Crippen molar-refractivity contribution in [2.75, 3.05) is 0 Å². The lowest BCUT2D eigenvalue weighted by Crippen LogP contribution is -1.99. The Kier molecular flexibility index (Phi) is 3.88. The van der Waals surface area contributed by atoms with Gasteiger partial charge in [0.2, 0.25) is 0 Å². The van der Waals surface area contributed by atoms with Crippen LogP contribution in [0.15, 0.2) is 22.7 Å². The van der Waals surface area contributed by atoms with Crippen LogP contribution in [0.3, 0.4) is 0 Å². The van der Waals surface area contributed by atoms with Crippen LogP contribution < -0.4 is 0 Å². The second-order valence-electron chi connectivity index (χ2n) is 2.97. The predicted molar refractivity (Wildman–Crippen MR) is 54.0 cm³/mol. The van der Waals surface area contributed by atoms with E-state index in [4.69, 9.17) is 0 Å². The number of hydrogen-bond acceptors (Lipinski definition) is 1. The SMILES string of the molecule is CCC[C@@H](O)c1ccc(Br)cc1F. The minimum absolute atomic E-state index is 0.352. The summed E-state index contributed by atoms with van der Waals surface area (Å²) in [5.41, 5.74) is 0.380. The molecule has 0 saturated carbocycles. The number of aliphatic hydroxyl groups is 1. The van der Waals surface area contributed by atoms with Gasteiger partial charge in [-0.15, -0.1) is 0 Å². The van der Waals surface area contributed by atoms with Crippen molar-refractivity contribution in [2.24, 2.45) is 0 Å². The first-order valence-corrected chi connectivity index (χ1v) is 5.07. The quantitative estimate of drug-likeness (QED) is 0.867. The van der Waals surface area contributed by atoms with Gasteiger partial charge in [-0.3, -0.25) is 0 Å². The first kappa shape index (κ1) is 10.7. The van der Waals surface area contributed by atoms with Crippen LogP contribution in [-0.2, 0) is 0 Å². The van der Waals surface area contributed by atoms with Gasteiger partial charge in [0.15, 0.2) is 0 Å².